The van der Waals surface area contributed by atoms with Crippen LogP contribution in [0.2, 0.25) is 0 Å². The fourth-order valence-corrected chi connectivity index (χ4v) is 2.85. The largest absolute Gasteiger partial charge is 0.448 e. The zero-order valence-corrected chi connectivity index (χ0v) is 14.1. The third-order valence-electron chi connectivity index (χ3n) is 4.21. The molecular weight excluding hydrogens is 328 g/mol. The van der Waals surface area contributed by atoms with Crippen molar-refractivity contribution in [2.24, 2.45) is 0 Å². The van der Waals surface area contributed by atoms with Crippen LogP contribution < -0.4 is 5.32 Å². The number of hydrogen-bond acceptors (Lipinski definition) is 7. The van der Waals surface area contributed by atoms with Crippen molar-refractivity contribution >= 4 is 11.8 Å². The SMILES string of the molecule is CCc1ocnc1C(=O)N1CC[C@@H](NC(=O)c2cc(C)on2)[C@H](O)C1. The molecule has 3 heterocycles. The number of carbonyl (C=O) groups is 2. The quantitative estimate of drug-likeness (QED) is 0.827. The number of nitrogens with zero attached hydrogens (tertiary/aromatic N) is 3. The Kier molecular flexibility index (Phi) is 4.84. The number of hydrogen-bond donors (Lipinski definition) is 2. The van der Waals surface area contributed by atoms with Crippen molar-refractivity contribution < 1.29 is 23.6 Å². The van der Waals surface area contributed by atoms with Crippen LogP contribution in [0.1, 0.15) is 45.8 Å². The molecule has 2 N–H and O–H groups in total. The minimum absolute atomic E-state index is 0.109. The molecule has 1 fully saturated rings. The summed E-state index contributed by atoms with van der Waals surface area (Å²) in [6, 6.07) is 1.06. The van der Waals surface area contributed by atoms with Gasteiger partial charge in [-0.05, 0) is 13.3 Å². The zero-order valence-electron chi connectivity index (χ0n) is 14.1. The summed E-state index contributed by atoms with van der Waals surface area (Å²) < 4.78 is 10.1. The lowest BCUT2D eigenvalue weighted by molar-refractivity contribution is 0.0309. The average molecular weight is 348 g/mol. The highest BCUT2D eigenvalue weighted by molar-refractivity contribution is 5.94. The molecule has 25 heavy (non-hydrogen) atoms. The van der Waals surface area contributed by atoms with E-state index >= 15 is 0 Å². The molecule has 2 aromatic rings. The van der Waals surface area contributed by atoms with E-state index in [0.29, 0.717) is 30.9 Å². The molecule has 9 nitrogen and oxygen atoms in total. The Labute approximate surface area is 144 Å². The molecule has 3 rings (SSSR count). The maximum absolute atomic E-state index is 12.5. The Hall–Kier alpha value is -2.68. The molecule has 0 spiro atoms. The molecule has 2 atom stereocenters. The Morgan fingerprint density at radius 1 is 1.48 bits per heavy atom. The van der Waals surface area contributed by atoms with E-state index in [9.17, 15) is 14.7 Å². The van der Waals surface area contributed by atoms with Crippen LogP contribution in [0.5, 0.6) is 0 Å². The third kappa shape index (κ3) is 3.55. The van der Waals surface area contributed by atoms with Crippen molar-refractivity contribution in [2.45, 2.75) is 38.8 Å². The maximum Gasteiger partial charge on any atom is 0.276 e. The Morgan fingerprint density at radius 2 is 2.28 bits per heavy atom. The number of aliphatic hydroxyl groups excluding tert-OH is 1. The van der Waals surface area contributed by atoms with E-state index in [2.05, 4.69) is 15.5 Å². The first-order valence-electron chi connectivity index (χ1n) is 8.13. The number of aromatic nitrogens is 2. The van der Waals surface area contributed by atoms with E-state index in [-0.39, 0.29) is 23.8 Å². The van der Waals surface area contributed by atoms with Gasteiger partial charge in [0.05, 0.1) is 12.1 Å². The molecule has 1 aliphatic rings. The third-order valence-corrected chi connectivity index (χ3v) is 4.21. The summed E-state index contributed by atoms with van der Waals surface area (Å²) >= 11 is 0. The Bertz CT molecular complexity index is 768. The molecule has 0 bridgehead atoms. The summed E-state index contributed by atoms with van der Waals surface area (Å²) in [6.45, 7) is 4.07. The molecule has 2 amide bonds. The van der Waals surface area contributed by atoms with Gasteiger partial charge in [0.15, 0.2) is 17.8 Å². The van der Waals surface area contributed by atoms with Crippen LogP contribution in [0.25, 0.3) is 0 Å². The van der Waals surface area contributed by atoms with Crippen molar-refractivity contribution in [2.75, 3.05) is 13.1 Å². The van der Waals surface area contributed by atoms with Crippen LogP contribution in [-0.4, -0.2) is 57.2 Å². The number of β-amino-alcohol motifs (C(OH)–C–C–N with tert-alkyl or cyclic N) is 1. The fraction of sp³-hybridized carbons (Fsp3) is 0.500. The molecule has 0 aliphatic carbocycles. The number of oxazole rings is 1. The van der Waals surface area contributed by atoms with Crippen LogP contribution in [0.15, 0.2) is 21.4 Å². The minimum atomic E-state index is -0.883. The Morgan fingerprint density at radius 3 is 2.92 bits per heavy atom. The first-order chi connectivity index (χ1) is 12.0. The van der Waals surface area contributed by atoms with Crippen molar-refractivity contribution in [1.29, 1.82) is 0 Å². The van der Waals surface area contributed by atoms with E-state index in [1.165, 1.54) is 17.4 Å². The van der Waals surface area contributed by atoms with Gasteiger partial charge >= 0.3 is 0 Å². The number of likely N-dealkylation sites (tertiary alicyclic amines) is 1. The van der Waals surface area contributed by atoms with Crippen LogP contribution in [0.3, 0.4) is 0 Å². The van der Waals surface area contributed by atoms with Gasteiger partial charge in [0, 0.05) is 25.6 Å². The molecule has 0 radical (unpaired) electrons. The molecular formula is C16H20N4O5. The standard InChI is InChI=1S/C16H20N4O5/c1-3-13-14(17-8-24-13)16(23)20-5-4-10(12(21)7-20)18-15(22)11-6-9(2)25-19-11/h6,8,10,12,21H,3-5,7H2,1-2H3,(H,18,22)/t10-,12-/m1/s1. The lowest BCUT2D eigenvalue weighted by Gasteiger charge is -2.35. The second-order valence-corrected chi connectivity index (χ2v) is 5.99. The lowest BCUT2D eigenvalue weighted by Crippen LogP contribution is -2.55. The summed E-state index contributed by atoms with van der Waals surface area (Å²) in [6.07, 6.45) is 1.35. The number of aryl methyl sites for hydroxylation is 2. The second-order valence-electron chi connectivity index (χ2n) is 5.99. The molecule has 9 heteroatoms. The Balaban J connectivity index is 1.60. The van der Waals surface area contributed by atoms with Gasteiger partial charge in [-0.2, -0.15) is 0 Å². The normalized spacial score (nSPS) is 20.5. The first-order valence-corrected chi connectivity index (χ1v) is 8.13. The van der Waals surface area contributed by atoms with Gasteiger partial charge in [-0.25, -0.2) is 4.98 Å². The van der Waals surface area contributed by atoms with E-state index in [1.54, 1.807) is 6.92 Å². The van der Waals surface area contributed by atoms with Gasteiger partial charge in [0.25, 0.3) is 11.8 Å². The highest BCUT2D eigenvalue weighted by Gasteiger charge is 2.33. The number of piperidine rings is 1. The summed E-state index contributed by atoms with van der Waals surface area (Å²) in [5.41, 5.74) is 0.439. The molecule has 0 aromatic carbocycles. The molecule has 1 aliphatic heterocycles. The number of aliphatic hydroxyl groups is 1. The van der Waals surface area contributed by atoms with Gasteiger partial charge < -0.3 is 24.3 Å². The van der Waals surface area contributed by atoms with Gasteiger partial charge in [-0.1, -0.05) is 12.1 Å². The molecule has 134 valence electrons. The van der Waals surface area contributed by atoms with Crippen molar-refractivity contribution in [3.05, 3.63) is 35.4 Å². The van der Waals surface area contributed by atoms with Crippen LogP contribution in [0, 0.1) is 6.92 Å². The molecule has 1 saturated heterocycles. The van der Waals surface area contributed by atoms with Crippen molar-refractivity contribution in [3.63, 3.8) is 0 Å². The summed E-state index contributed by atoms with van der Waals surface area (Å²) in [5, 5.41) is 16.7. The second kappa shape index (κ2) is 7.06. The van der Waals surface area contributed by atoms with Gasteiger partial charge in [-0.3, -0.25) is 9.59 Å². The van der Waals surface area contributed by atoms with E-state index in [4.69, 9.17) is 8.94 Å². The molecule has 0 saturated carbocycles. The predicted octanol–water partition coefficient (Wildman–Crippen LogP) is 0.539. The predicted molar refractivity (Wildman–Crippen MR) is 84.9 cm³/mol. The number of amides is 2. The van der Waals surface area contributed by atoms with Crippen LogP contribution >= 0.6 is 0 Å². The number of carbonyl (C=O) groups excluding carboxylic acids is 2. The van der Waals surface area contributed by atoms with Crippen LogP contribution in [-0.2, 0) is 6.42 Å². The van der Waals surface area contributed by atoms with Crippen molar-refractivity contribution in [3.8, 4) is 0 Å². The molecule has 0 unspecified atom stereocenters. The highest BCUT2D eigenvalue weighted by Crippen LogP contribution is 2.17. The lowest BCUT2D eigenvalue weighted by atomic mass is 10.0. The van der Waals surface area contributed by atoms with E-state index in [1.807, 2.05) is 6.92 Å². The minimum Gasteiger partial charge on any atom is -0.448 e. The number of rotatable bonds is 4. The van der Waals surface area contributed by atoms with E-state index in [0.717, 1.165) is 0 Å². The fourth-order valence-electron chi connectivity index (χ4n) is 2.85. The maximum atomic E-state index is 12.5. The summed E-state index contributed by atoms with van der Waals surface area (Å²) in [4.78, 5) is 30.1. The molecule has 2 aromatic heterocycles. The zero-order chi connectivity index (χ0) is 18.0. The van der Waals surface area contributed by atoms with E-state index < -0.39 is 18.1 Å². The number of nitrogens with one attached hydrogen (secondary N) is 1. The summed E-state index contributed by atoms with van der Waals surface area (Å²) in [7, 11) is 0. The summed E-state index contributed by atoms with van der Waals surface area (Å²) in [5.74, 6) is 0.369. The highest BCUT2D eigenvalue weighted by atomic mass is 16.5. The average Bonchev–Trinajstić information content (AvgIpc) is 3.24. The smallest absolute Gasteiger partial charge is 0.276 e. The van der Waals surface area contributed by atoms with Crippen LogP contribution in [0.4, 0.5) is 0 Å². The topological polar surface area (TPSA) is 122 Å². The van der Waals surface area contributed by atoms with Gasteiger partial charge in [0.2, 0.25) is 0 Å². The van der Waals surface area contributed by atoms with Crippen molar-refractivity contribution in [1.82, 2.24) is 20.4 Å². The van der Waals surface area contributed by atoms with Gasteiger partial charge in [-0.15, -0.1) is 0 Å². The first kappa shape index (κ1) is 17.2. The van der Waals surface area contributed by atoms with Gasteiger partial charge in [0.1, 0.15) is 11.5 Å². The monoisotopic (exact) mass is 348 g/mol.